The Labute approximate surface area is 161 Å². The van der Waals surface area contributed by atoms with Crippen LogP contribution in [-0.2, 0) is 6.54 Å². The predicted octanol–water partition coefficient (Wildman–Crippen LogP) is 2.76. The minimum atomic E-state index is 0.114. The second-order valence-corrected chi connectivity index (χ2v) is 7.24. The van der Waals surface area contributed by atoms with Gasteiger partial charge in [-0.3, -0.25) is 9.69 Å². The molecule has 27 heavy (non-hydrogen) atoms. The van der Waals surface area contributed by atoms with Gasteiger partial charge >= 0.3 is 0 Å². The summed E-state index contributed by atoms with van der Waals surface area (Å²) < 4.78 is 10.6. The van der Waals surface area contributed by atoms with Crippen molar-refractivity contribution in [1.29, 1.82) is 0 Å². The molecule has 140 valence electrons. The fourth-order valence-corrected chi connectivity index (χ4v) is 3.75. The number of amides is 1. The van der Waals surface area contributed by atoms with E-state index in [1.807, 2.05) is 46.7 Å². The van der Waals surface area contributed by atoms with Gasteiger partial charge in [0.1, 0.15) is 5.75 Å². The van der Waals surface area contributed by atoms with E-state index in [-0.39, 0.29) is 5.91 Å². The summed E-state index contributed by atoms with van der Waals surface area (Å²) in [6.07, 6.45) is 0. The highest BCUT2D eigenvalue weighted by Crippen LogP contribution is 2.22. The first-order chi connectivity index (χ1) is 13.2. The number of nitrogens with zero attached hydrogens (tertiary/aromatic N) is 4. The van der Waals surface area contributed by atoms with Crippen LogP contribution < -0.4 is 4.74 Å². The van der Waals surface area contributed by atoms with Gasteiger partial charge in [-0.2, -0.15) is 4.98 Å². The van der Waals surface area contributed by atoms with Gasteiger partial charge in [0.25, 0.3) is 5.91 Å². The molecule has 1 fully saturated rings. The highest BCUT2D eigenvalue weighted by Gasteiger charge is 2.24. The Kier molecular flexibility index (Phi) is 5.17. The summed E-state index contributed by atoms with van der Waals surface area (Å²) >= 11 is 1.48. The maximum atomic E-state index is 12.4. The van der Waals surface area contributed by atoms with Gasteiger partial charge in [0.05, 0.1) is 18.5 Å². The zero-order valence-corrected chi connectivity index (χ0v) is 15.8. The van der Waals surface area contributed by atoms with Crippen molar-refractivity contribution in [2.75, 3.05) is 33.3 Å². The number of carbonyl (C=O) groups excluding carboxylic acids is 1. The van der Waals surface area contributed by atoms with Crippen LogP contribution in [0.25, 0.3) is 11.4 Å². The average molecular weight is 384 g/mol. The van der Waals surface area contributed by atoms with Gasteiger partial charge in [0, 0.05) is 31.7 Å². The number of thiophene rings is 1. The molecule has 1 aromatic carbocycles. The molecule has 1 amide bonds. The monoisotopic (exact) mass is 384 g/mol. The summed E-state index contributed by atoms with van der Waals surface area (Å²) in [7, 11) is 1.63. The summed E-state index contributed by atoms with van der Waals surface area (Å²) in [4.78, 5) is 21.8. The van der Waals surface area contributed by atoms with Gasteiger partial charge in [-0.05, 0) is 23.6 Å². The maximum Gasteiger partial charge on any atom is 0.264 e. The molecule has 3 heterocycles. The number of hydrogen-bond acceptors (Lipinski definition) is 7. The van der Waals surface area contributed by atoms with Crippen LogP contribution in [0.1, 0.15) is 15.6 Å². The number of piperazine rings is 1. The molecule has 0 unspecified atom stereocenters. The van der Waals surface area contributed by atoms with E-state index in [1.165, 1.54) is 11.3 Å². The van der Waals surface area contributed by atoms with E-state index >= 15 is 0 Å². The van der Waals surface area contributed by atoms with Crippen molar-refractivity contribution in [2.45, 2.75) is 6.54 Å². The number of carbonyl (C=O) groups is 1. The van der Waals surface area contributed by atoms with Crippen LogP contribution >= 0.6 is 11.3 Å². The molecule has 8 heteroatoms. The molecule has 0 spiro atoms. The third kappa shape index (κ3) is 4.01. The van der Waals surface area contributed by atoms with Gasteiger partial charge < -0.3 is 14.2 Å². The van der Waals surface area contributed by atoms with Crippen LogP contribution in [0.4, 0.5) is 0 Å². The molecule has 4 rings (SSSR count). The van der Waals surface area contributed by atoms with Crippen LogP contribution in [0, 0.1) is 0 Å². The lowest BCUT2D eigenvalue weighted by Crippen LogP contribution is -2.48. The van der Waals surface area contributed by atoms with Crippen LogP contribution in [0.2, 0.25) is 0 Å². The molecule has 0 atom stereocenters. The third-order valence-electron chi connectivity index (χ3n) is 4.55. The Bertz CT molecular complexity index is 901. The van der Waals surface area contributed by atoms with Crippen molar-refractivity contribution in [3.63, 3.8) is 0 Å². The minimum Gasteiger partial charge on any atom is -0.497 e. The molecular formula is C19H20N4O3S. The van der Waals surface area contributed by atoms with Crippen LogP contribution in [0.15, 0.2) is 46.3 Å². The maximum absolute atomic E-state index is 12.4. The second-order valence-electron chi connectivity index (χ2n) is 6.29. The summed E-state index contributed by atoms with van der Waals surface area (Å²) in [6, 6.07) is 11.4. The van der Waals surface area contributed by atoms with E-state index in [9.17, 15) is 4.79 Å². The summed E-state index contributed by atoms with van der Waals surface area (Å²) in [5, 5.41) is 6.00. The number of hydrogen-bond donors (Lipinski definition) is 0. The van der Waals surface area contributed by atoms with Crippen LogP contribution in [-0.4, -0.2) is 59.1 Å². The van der Waals surface area contributed by atoms with E-state index in [0.29, 0.717) is 31.3 Å². The van der Waals surface area contributed by atoms with Crippen molar-refractivity contribution in [3.8, 4) is 17.1 Å². The smallest absolute Gasteiger partial charge is 0.264 e. The molecular weight excluding hydrogens is 364 g/mol. The summed E-state index contributed by atoms with van der Waals surface area (Å²) in [5.74, 6) is 1.99. The first-order valence-electron chi connectivity index (χ1n) is 8.75. The number of aromatic nitrogens is 2. The summed E-state index contributed by atoms with van der Waals surface area (Å²) in [5.41, 5.74) is 0.857. The minimum absolute atomic E-state index is 0.114. The quantitative estimate of drug-likeness (QED) is 0.674. The van der Waals surface area contributed by atoms with Crippen molar-refractivity contribution in [2.24, 2.45) is 0 Å². The van der Waals surface area contributed by atoms with Crippen LogP contribution in [0.5, 0.6) is 5.75 Å². The van der Waals surface area contributed by atoms with Gasteiger partial charge in [-0.25, -0.2) is 0 Å². The van der Waals surface area contributed by atoms with E-state index in [1.54, 1.807) is 7.11 Å². The van der Waals surface area contributed by atoms with Gasteiger partial charge in [-0.1, -0.05) is 23.4 Å². The van der Waals surface area contributed by atoms with Crippen molar-refractivity contribution in [1.82, 2.24) is 19.9 Å². The molecule has 0 bridgehead atoms. The lowest BCUT2D eigenvalue weighted by Gasteiger charge is -2.33. The average Bonchev–Trinajstić information content (AvgIpc) is 3.40. The molecule has 0 radical (unpaired) electrons. The Balaban J connectivity index is 1.34. The Morgan fingerprint density at radius 2 is 2.07 bits per heavy atom. The first-order valence-corrected chi connectivity index (χ1v) is 9.63. The van der Waals surface area contributed by atoms with Gasteiger partial charge in [-0.15, -0.1) is 11.3 Å². The first kappa shape index (κ1) is 17.7. The lowest BCUT2D eigenvalue weighted by molar-refractivity contribution is 0.0620. The molecule has 7 nitrogen and oxygen atoms in total. The Morgan fingerprint density at radius 1 is 1.22 bits per heavy atom. The number of methoxy groups -OCH3 is 1. The zero-order chi connectivity index (χ0) is 18.6. The Hall–Kier alpha value is -2.71. The number of ether oxygens (including phenoxy) is 1. The number of rotatable bonds is 5. The van der Waals surface area contributed by atoms with E-state index < -0.39 is 0 Å². The van der Waals surface area contributed by atoms with Crippen molar-refractivity contribution >= 4 is 17.2 Å². The van der Waals surface area contributed by atoms with E-state index in [2.05, 4.69) is 15.0 Å². The molecule has 0 aliphatic carbocycles. The van der Waals surface area contributed by atoms with E-state index in [4.69, 9.17) is 9.26 Å². The molecule has 1 saturated heterocycles. The fourth-order valence-electron chi connectivity index (χ4n) is 3.05. The van der Waals surface area contributed by atoms with Gasteiger partial charge in [0.2, 0.25) is 11.7 Å². The highest BCUT2D eigenvalue weighted by atomic mass is 32.1. The van der Waals surface area contributed by atoms with Crippen molar-refractivity contribution < 1.29 is 14.1 Å². The molecule has 2 aromatic heterocycles. The van der Waals surface area contributed by atoms with Crippen molar-refractivity contribution in [3.05, 3.63) is 52.5 Å². The number of benzene rings is 1. The molecule has 0 saturated carbocycles. The topological polar surface area (TPSA) is 71.7 Å². The SMILES string of the molecule is COc1cccc(-c2noc(CN3CCN(C(=O)c4cccs4)CC3)n2)c1. The normalized spacial score (nSPS) is 15.1. The zero-order valence-electron chi connectivity index (χ0n) is 15.0. The van der Waals surface area contributed by atoms with Crippen LogP contribution in [0.3, 0.4) is 0 Å². The molecule has 1 aliphatic heterocycles. The Morgan fingerprint density at radius 3 is 2.81 bits per heavy atom. The third-order valence-corrected chi connectivity index (χ3v) is 5.40. The fraction of sp³-hybridized carbons (Fsp3) is 0.316. The largest absolute Gasteiger partial charge is 0.497 e. The predicted molar refractivity (Wildman–Crippen MR) is 102 cm³/mol. The van der Waals surface area contributed by atoms with E-state index in [0.717, 1.165) is 29.3 Å². The lowest BCUT2D eigenvalue weighted by atomic mass is 10.2. The summed E-state index contributed by atoms with van der Waals surface area (Å²) in [6.45, 7) is 3.56. The second kappa shape index (κ2) is 7.89. The highest BCUT2D eigenvalue weighted by molar-refractivity contribution is 7.12. The molecule has 0 N–H and O–H groups in total. The van der Waals surface area contributed by atoms with Gasteiger partial charge in [0.15, 0.2) is 0 Å². The standard InChI is InChI=1S/C19H20N4O3S/c1-25-15-5-2-4-14(12-15)18-20-17(26-21-18)13-22-7-9-23(10-8-22)19(24)16-6-3-11-27-16/h2-6,11-12H,7-10,13H2,1H3. The molecule has 3 aromatic rings. The molecule has 1 aliphatic rings.